The minimum atomic E-state index is -1.19. The topological polar surface area (TPSA) is 76.4 Å². The van der Waals surface area contributed by atoms with Gasteiger partial charge in [-0.1, -0.05) is 0 Å². The number of hydrogen-bond donors (Lipinski definition) is 0. The third-order valence-corrected chi connectivity index (χ3v) is 2.32. The van der Waals surface area contributed by atoms with Crippen molar-refractivity contribution in [3.63, 3.8) is 0 Å². The zero-order valence-electron chi connectivity index (χ0n) is 13.5. The Kier molecular flexibility index (Phi) is 5.76. The first-order valence-electron chi connectivity index (χ1n) is 6.61. The number of hydrogen-bond acceptors (Lipinski definition) is 5. The summed E-state index contributed by atoms with van der Waals surface area (Å²) in [5.41, 5.74) is -2.48. The van der Waals surface area contributed by atoms with E-state index in [4.69, 9.17) is 14.7 Å². The lowest BCUT2D eigenvalue weighted by molar-refractivity contribution is -0.173. The highest BCUT2D eigenvalue weighted by atomic mass is 16.6. The minimum absolute atomic E-state index is 0.0961. The summed E-state index contributed by atoms with van der Waals surface area (Å²) < 4.78 is 10.5. The van der Waals surface area contributed by atoms with Crippen LogP contribution in [0, 0.1) is 16.7 Å². The van der Waals surface area contributed by atoms with Gasteiger partial charge in [0.25, 0.3) is 0 Å². The van der Waals surface area contributed by atoms with E-state index in [1.807, 2.05) is 6.07 Å². The summed E-state index contributed by atoms with van der Waals surface area (Å²) in [7, 11) is 0. The van der Waals surface area contributed by atoms with Gasteiger partial charge in [-0.15, -0.1) is 0 Å². The molecule has 1 atom stereocenters. The number of esters is 2. The molecular formula is C15H25NO4. The van der Waals surface area contributed by atoms with E-state index in [1.54, 1.807) is 48.5 Å². The van der Waals surface area contributed by atoms with Crippen LogP contribution in [0.5, 0.6) is 0 Å². The summed E-state index contributed by atoms with van der Waals surface area (Å²) >= 11 is 0. The van der Waals surface area contributed by atoms with Crippen molar-refractivity contribution in [2.45, 2.75) is 72.5 Å². The van der Waals surface area contributed by atoms with E-state index in [0.29, 0.717) is 0 Å². The van der Waals surface area contributed by atoms with E-state index in [2.05, 4.69) is 0 Å². The Balaban J connectivity index is 4.98. The van der Waals surface area contributed by atoms with Crippen molar-refractivity contribution in [2.24, 2.45) is 5.41 Å². The number of rotatable bonds is 4. The second kappa shape index (κ2) is 6.25. The van der Waals surface area contributed by atoms with Gasteiger partial charge in [-0.3, -0.25) is 9.59 Å². The lowest BCUT2D eigenvalue weighted by atomic mass is 9.83. The third kappa shape index (κ3) is 7.13. The summed E-state index contributed by atoms with van der Waals surface area (Å²) in [5, 5.41) is 8.88. The molecule has 0 saturated heterocycles. The zero-order valence-corrected chi connectivity index (χ0v) is 13.5. The van der Waals surface area contributed by atoms with Crippen LogP contribution >= 0.6 is 0 Å². The van der Waals surface area contributed by atoms with Crippen molar-refractivity contribution >= 4 is 11.9 Å². The third-order valence-electron chi connectivity index (χ3n) is 2.32. The van der Waals surface area contributed by atoms with Gasteiger partial charge in [0.05, 0.1) is 24.3 Å². The fourth-order valence-electron chi connectivity index (χ4n) is 1.48. The fraction of sp³-hybridized carbons (Fsp3) is 0.800. The Bertz CT molecular complexity index is 409. The van der Waals surface area contributed by atoms with Crippen LogP contribution in [0.2, 0.25) is 0 Å². The first kappa shape index (κ1) is 18.4. The molecule has 0 rings (SSSR count). The van der Waals surface area contributed by atoms with Gasteiger partial charge < -0.3 is 9.47 Å². The standard InChI is InChI=1S/C15H25NO4/c1-13(2,3)19-11(17)10-15(7,8-9-16)12(18)20-14(4,5)6/h8,10H2,1-7H3. The molecule has 0 heterocycles. The molecule has 0 N–H and O–H groups in total. The second-order valence-corrected chi connectivity index (χ2v) is 7.16. The van der Waals surface area contributed by atoms with Gasteiger partial charge in [-0.25, -0.2) is 0 Å². The Hall–Kier alpha value is -1.57. The van der Waals surface area contributed by atoms with Crippen molar-refractivity contribution in [2.75, 3.05) is 0 Å². The quantitative estimate of drug-likeness (QED) is 0.741. The van der Waals surface area contributed by atoms with Gasteiger partial charge in [0.15, 0.2) is 0 Å². The lowest BCUT2D eigenvalue weighted by Gasteiger charge is -2.30. The molecule has 0 radical (unpaired) electrons. The van der Waals surface area contributed by atoms with Crippen LogP contribution in [0.1, 0.15) is 61.3 Å². The maximum atomic E-state index is 12.2. The van der Waals surface area contributed by atoms with E-state index in [-0.39, 0.29) is 12.8 Å². The van der Waals surface area contributed by atoms with Gasteiger partial charge >= 0.3 is 11.9 Å². The molecule has 20 heavy (non-hydrogen) atoms. The fourth-order valence-corrected chi connectivity index (χ4v) is 1.48. The Morgan fingerprint density at radius 3 is 1.75 bits per heavy atom. The molecule has 0 aromatic heterocycles. The summed E-state index contributed by atoms with van der Waals surface area (Å²) in [5.74, 6) is -1.07. The Morgan fingerprint density at radius 2 is 1.40 bits per heavy atom. The number of carbonyl (C=O) groups excluding carboxylic acids is 2. The molecule has 0 saturated carbocycles. The van der Waals surface area contributed by atoms with Crippen molar-refractivity contribution in [1.29, 1.82) is 5.26 Å². The molecule has 5 nitrogen and oxygen atoms in total. The predicted octanol–water partition coefficient (Wildman–Crippen LogP) is 2.98. The SMILES string of the molecule is CC(C)(C)OC(=O)CC(C)(CC#N)C(=O)OC(C)(C)C. The molecule has 0 aliphatic carbocycles. The zero-order chi connectivity index (χ0) is 16.2. The first-order valence-corrected chi connectivity index (χ1v) is 6.61. The van der Waals surface area contributed by atoms with Crippen LogP contribution in [0.4, 0.5) is 0 Å². The van der Waals surface area contributed by atoms with Crippen LogP contribution < -0.4 is 0 Å². The van der Waals surface area contributed by atoms with Gasteiger partial charge in [0.2, 0.25) is 0 Å². The molecule has 0 spiro atoms. The Labute approximate surface area is 121 Å². The van der Waals surface area contributed by atoms with E-state index < -0.39 is 28.6 Å². The second-order valence-electron chi connectivity index (χ2n) is 7.16. The van der Waals surface area contributed by atoms with Crippen LogP contribution in [0.3, 0.4) is 0 Å². The van der Waals surface area contributed by atoms with Gasteiger partial charge in [-0.2, -0.15) is 5.26 Å². The summed E-state index contributed by atoms with van der Waals surface area (Å²) in [6.45, 7) is 12.0. The van der Waals surface area contributed by atoms with E-state index in [0.717, 1.165) is 0 Å². The number of carbonyl (C=O) groups is 2. The molecule has 0 aromatic carbocycles. The van der Waals surface area contributed by atoms with Gasteiger partial charge in [0.1, 0.15) is 11.2 Å². The normalized spacial score (nSPS) is 14.9. The number of ether oxygens (including phenoxy) is 2. The van der Waals surface area contributed by atoms with Gasteiger partial charge in [-0.05, 0) is 48.5 Å². The van der Waals surface area contributed by atoms with Crippen molar-refractivity contribution < 1.29 is 19.1 Å². The molecule has 0 aliphatic rings. The highest BCUT2D eigenvalue weighted by molar-refractivity contribution is 5.83. The van der Waals surface area contributed by atoms with E-state index in [1.165, 1.54) is 0 Å². The summed E-state index contributed by atoms with van der Waals surface area (Å²) in [6, 6.07) is 1.93. The van der Waals surface area contributed by atoms with Crippen molar-refractivity contribution in [3.05, 3.63) is 0 Å². The minimum Gasteiger partial charge on any atom is -0.460 e. The molecule has 0 amide bonds. The smallest absolute Gasteiger partial charge is 0.313 e. The highest BCUT2D eigenvalue weighted by Gasteiger charge is 2.40. The predicted molar refractivity (Wildman–Crippen MR) is 74.6 cm³/mol. The van der Waals surface area contributed by atoms with Crippen molar-refractivity contribution in [3.8, 4) is 6.07 Å². The van der Waals surface area contributed by atoms with Crippen molar-refractivity contribution in [1.82, 2.24) is 0 Å². The molecule has 114 valence electrons. The van der Waals surface area contributed by atoms with Crippen LogP contribution in [0.15, 0.2) is 0 Å². The number of nitrogens with zero attached hydrogens (tertiary/aromatic N) is 1. The first-order chi connectivity index (χ1) is 8.79. The van der Waals surface area contributed by atoms with Gasteiger partial charge in [0, 0.05) is 0 Å². The average Bonchev–Trinajstić information content (AvgIpc) is 2.10. The molecule has 0 fully saturated rings. The largest absolute Gasteiger partial charge is 0.460 e. The lowest BCUT2D eigenvalue weighted by Crippen LogP contribution is -2.38. The molecule has 0 aliphatic heterocycles. The monoisotopic (exact) mass is 283 g/mol. The highest BCUT2D eigenvalue weighted by Crippen LogP contribution is 2.30. The Morgan fingerprint density at radius 1 is 0.950 bits per heavy atom. The molecule has 5 heteroatoms. The molecule has 1 unspecified atom stereocenters. The summed E-state index contributed by atoms with van der Waals surface area (Å²) in [4.78, 5) is 24.1. The van der Waals surface area contributed by atoms with E-state index in [9.17, 15) is 9.59 Å². The van der Waals surface area contributed by atoms with Crippen LogP contribution in [-0.4, -0.2) is 23.1 Å². The average molecular weight is 283 g/mol. The maximum absolute atomic E-state index is 12.2. The molecular weight excluding hydrogens is 258 g/mol. The van der Waals surface area contributed by atoms with Crippen LogP contribution in [0.25, 0.3) is 0 Å². The molecule has 0 aromatic rings. The number of nitriles is 1. The van der Waals surface area contributed by atoms with Crippen LogP contribution in [-0.2, 0) is 19.1 Å². The van der Waals surface area contributed by atoms with E-state index >= 15 is 0 Å². The molecule has 0 bridgehead atoms. The maximum Gasteiger partial charge on any atom is 0.313 e. The summed E-state index contributed by atoms with van der Waals surface area (Å²) in [6.07, 6.45) is -0.270.